The normalized spacial score (nSPS) is 24.1. The Kier molecular flexibility index (Phi) is 4.36. The van der Waals surface area contributed by atoms with Gasteiger partial charge in [0.15, 0.2) is 0 Å². The number of benzene rings is 1. The number of halogens is 1. The maximum atomic E-state index is 12.8. The van der Waals surface area contributed by atoms with Crippen molar-refractivity contribution in [2.24, 2.45) is 11.7 Å². The molecule has 0 saturated carbocycles. The Morgan fingerprint density at radius 2 is 2.00 bits per heavy atom. The second-order valence-corrected chi connectivity index (χ2v) is 5.58. The number of likely N-dealkylation sites (tertiary alicyclic amines) is 1. The van der Waals surface area contributed by atoms with Crippen molar-refractivity contribution in [2.45, 2.75) is 38.8 Å². The molecule has 1 aliphatic heterocycles. The lowest BCUT2D eigenvalue weighted by atomic mass is 10.0. The van der Waals surface area contributed by atoms with E-state index in [0.29, 0.717) is 12.0 Å². The third kappa shape index (κ3) is 3.30. The Bertz CT molecular complexity index is 375. The van der Waals surface area contributed by atoms with E-state index in [2.05, 4.69) is 18.7 Å². The first-order valence-corrected chi connectivity index (χ1v) is 6.80. The molecular formula is C15H23FN2. The first-order valence-electron chi connectivity index (χ1n) is 6.80. The summed E-state index contributed by atoms with van der Waals surface area (Å²) in [5, 5.41) is 0. The highest BCUT2D eigenvalue weighted by molar-refractivity contribution is 5.17. The molecule has 0 amide bonds. The Morgan fingerprint density at radius 3 is 2.56 bits per heavy atom. The minimum Gasteiger partial charge on any atom is -0.328 e. The lowest BCUT2D eigenvalue weighted by molar-refractivity contribution is 0.243. The van der Waals surface area contributed by atoms with Crippen molar-refractivity contribution in [3.8, 4) is 0 Å². The number of nitrogens with two attached hydrogens (primary N) is 1. The van der Waals surface area contributed by atoms with E-state index in [0.717, 1.165) is 19.5 Å². The highest BCUT2D eigenvalue weighted by Crippen LogP contribution is 2.22. The highest BCUT2D eigenvalue weighted by Gasteiger charge is 2.27. The summed E-state index contributed by atoms with van der Waals surface area (Å²) in [4.78, 5) is 2.50. The zero-order valence-corrected chi connectivity index (χ0v) is 11.3. The van der Waals surface area contributed by atoms with Crippen LogP contribution in [0.25, 0.3) is 0 Å². The van der Waals surface area contributed by atoms with E-state index < -0.39 is 0 Å². The summed E-state index contributed by atoms with van der Waals surface area (Å²) < 4.78 is 12.8. The van der Waals surface area contributed by atoms with Crippen LogP contribution in [0.5, 0.6) is 0 Å². The molecule has 18 heavy (non-hydrogen) atoms. The predicted molar refractivity (Wildman–Crippen MR) is 72.9 cm³/mol. The lowest BCUT2D eigenvalue weighted by Crippen LogP contribution is -2.35. The molecule has 1 aromatic carbocycles. The lowest BCUT2D eigenvalue weighted by Gasteiger charge is -2.25. The summed E-state index contributed by atoms with van der Waals surface area (Å²) in [7, 11) is 0. The first kappa shape index (κ1) is 13.5. The topological polar surface area (TPSA) is 29.3 Å². The fourth-order valence-corrected chi connectivity index (χ4v) is 2.74. The Morgan fingerprint density at radius 1 is 1.33 bits per heavy atom. The average Bonchev–Trinajstić information content (AvgIpc) is 2.81. The van der Waals surface area contributed by atoms with Gasteiger partial charge in [-0.1, -0.05) is 12.1 Å². The third-order valence-electron chi connectivity index (χ3n) is 4.07. The zero-order valence-electron chi connectivity index (χ0n) is 11.3. The number of hydrogen-bond donors (Lipinski definition) is 1. The molecule has 2 nitrogen and oxygen atoms in total. The summed E-state index contributed by atoms with van der Waals surface area (Å²) in [6, 6.07) is 7.62. The molecule has 1 heterocycles. The van der Waals surface area contributed by atoms with Gasteiger partial charge in [0.05, 0.1) is 0 Å². The van der Waals surface area contributed by atoms with E-state index >= 15 is 0 Å². The van der Waals surface area contributed by atoms with Crippen LogP contribution >= 0.6 is 0 Å². The van der Waals surface area contributed by atoms with Crippen LogP contribution in [0.3, 0.4) is 0 Å². The van der Waals surface area contributed by atoms with Crippen molar-refractivity contribution in [3.05, 3.63) is 35.6 Å². The van der Waals surface area contributed by atoms with Crippen LogP contribution in [-0.2, 0) is 6.42 Å². The zero-order chi connectivity index (χ0) is 13.1. The summed E-state index contributed by atoms with van der Waals surface area (Å²) in [5.74, 6) is 0.463. The van der Waals surface area contributed by atoms with Gasteiger partial charge in [-0.15, -0.1) is 0 Å². The van der Waals surface area contributed by atoms with Gasteiger partial charge in [0.1, 0.15) is 5.82 Å². The van der Waals surface area contributed by atoms with E-state index in [1.165, 1.54) is 24.1 Å². The van der Waals surface area contributed by atoms with E-state index in [-0.39, 0.29) is 11.9 Å². The second-order valence-electron chi connectivity index (χ2n) is 5.58. The number of hydrogen-bond acceptors (Lipinski definition) is 2. The van der Waals surface area contributed by atoms with Crippen LogP contribution in [0.2, 0.25) is 0 Å². The van der Waals surface area contributed by atoms with Crippen molar-refractivity contribution >= 4 is 0 Å². The molecule has 1 aliphatic rings. The predicted octanol–water partition coefficient (Wildman–Crippen LogP) is 2.43. The van der Waals surface area contributed by atoms with Crippen molar-refractivity contribution in [1.29, 1.82) is 0 Å². The van der Waals surface area contributed by atoms with E-state index in [9.17, 15) is 4.39 Å². The Hall–Kier alpha value is -0.930. The maximum absolute atomic E-state index is 12.8. The molecule has 0 aliphatic carbocycles. The minimum atomic E-state index is -0.162. The molecule has 3 unspecified atom stereocenters. The van der Waals surface area contributed by atoms with Crippen LogP contribution in [-0.4, -0.2) is 30.1 Å². The van der Waals surface area contributed by atoms with Gasteiger partial charge in [-0.05, 0) is 56.8 Å². The van der Waals surface area contributed by atoms with Crippen LogP contribution in [0.1, 0.15) is 25.8 Å². The van der Waals surface area contributed by atoms with Gasteiger partial charge in [-0.25, -0.2) is 4.39 Å². The van der Waals surface area contributed by atoms with Gasteiger partial charge in [0.25, 0.3) is 0 Å². The van der Waals surface area contributed by atoms with Gasteiger partial charge in [0.2, 0.25) is 0 Å². The van der Waals surface area contributed by atoms with Crippen LogP contribution in [0.15, 0.2) is 24.3 Å². The Balaban J connectivity index is 1.89. The quantitative estimate of drug-likeness (QED) is 0.889. The summed E-state index contributed by atoms with van der Waals surface area (Å²) in [6.45, 7) is 6.57. The third-order valence-corrected chi connectivity index (χ3v) is 4.07. The fourth-order valence-electron chi connectivity index (χ4n) is 2.74. The van der Waals surface area contributed by atoms with Crippen molar-refractivity contribution in [2.75, 3.05) is 13.1 Å². The molecule has 3 heteroatoms. The average molecular weight is 250 g/mol. The molecule has 0 aromatic heterocycles. The van der Waals surface area contributed by atoms with Crippen molar-refractivity contribution < 1.29 is 4.39 Å². The fraction of sp³-hybridized carbons (Fsp3) is 0.600. The largest absolute Gasteiger partial charge is 0.328 e. The van der Waals surface area contributed by atoms with Gasteiger partial charge in [-0.3, -0.25) is 4.90 Å². The Labute approximate surface area is 109 Å². The van der Waals surface area contributed by atoms with E-state index in [1.54, 1.807) is 0 Å². The first-order chi connectivity index (χ1) is 8.56. The number of rotatable bonds is 4. The van der Waals surface area contributed by atoms with Crippen molar-refractivity contribution in [1.82, 2.24) is 4.90 Å². The van der Waals surface area contributed by atoms with Gasteiger partial charge >= 0.3 is 0 Å². The molecule has 100 valence electrons. The molecule has 0 spiro atoms. The smallest absolute Gasteiger partial charge is 0.123 e. The molecule has 2 N–H and O–H groups in total. The molecule has 1 saturated heterocycles. The second kappa shape index (κ2) is 5.81. The molecule has 2 rings (SSSR count). The highest BCUT2D eigenvalue weighted by atomic mass is 19.1. The summed E-state index contributed by atoms with van der Waals surface area (Å²) in [6.07, 6.45) is 2.18. The maximum Gasteiger partial charge on any atom is 0.123 e. The van der Waals surface area contributed by atoms with Gasteiger partial charge in [-0.2, -0.15) is 0 Å². The SMILES string of the molecule is CC(N)C1CCN(C(C)Cc2ccc(F)cc2)C1. The van der Waals surface area contributed by atoms with Gasteiger partial charge < -0.3 is 5.73 Å². The molecule has 0 bridgehead atoms. The molecule has 3 atom stereocenters. The molecular weight excluding hydrogens is 227 g/mol. The van der Waals surface area contributed by atoms with Crippen LogP contribution in [0.4, 0.5) is 4.39 Å². The monoisotopic (exact) mass is 250 g/mol. The van der Waals surface area contributed by atoms with E-state index in [4.69, 9.17) is 5.73 Å². The number of nitrogens with zero attached hydrogens (tertiary/aromatic N) is 1. The molecule has 1 fully saturated rings. The van der Waals surface area contributed by atoms with Crippen LogP contribution < -0.4 is 5.73 Å². The van der Waals surface area contributed by atoms with Gasteiger partial charge in [0, 0.05) is 18.6 Å². The minimum absolute atomic E-state index is 0.162. The van der Waals surface area contributed by atoms with E-state index in [1.807, 2.05) is 12.1 Å². The molecule has 1 aromatic rings. The van der Waals surface area contributed by atoms with Crippen molar-refractivity contribution in [3.63, 3.8) is 0 Å². The van der Waals surface area contributed by atoms with Crippen LogP contribution in [0, 0.1) is 11.7 Å². The summed E-state index contributed by atoms with van der Waals surface area (Å²) >= 11 is 0. The molecule has 0 radical (unpaired) electrons. The standard InChI is InChI=1S/C15H23FN2/c1-11(9-13-3-5-15(16)6-4-13)18-8-7-14(10-18)12(2)17/h3-6,11-12,14H,7-10,17H2,1-2H3. The summed E-state index contributed by atoms with van der Waals surface area (Å²) in [5.41, 5.74) is 7.16.